The van der Waals surface area contributed by atoms with Crippen molar-refractivity contribution >= 4 is 28.7 Å². The van der Waals surface area contributed by atoms with Crippen molar-refractivity contribution in [1.82, 2.24) is 20.2 Å². The molecule has 0 bridgehead atoms. The molecule has 1 aliphatic rings. The van der Waals surface area contributed by atoms with Gasteiger partial charge in [0.1, 0.15) is 0 Å². The smallest absolute Gasteiger partial charge is 0.237 e. The van der Waals surface area contributed by atoms with Crippen molar-refractivity contribution in [2.45, 2.75) is 55.6 Å². The van der Waals surface area contributed by atoms with E-state index in [2.05, 4.69) is 51.6 Å². The van der Waals surface area contributed by atoms with Crippen molar-refractivity contribution in [2.75, 3.05) is 13.1 Å². The van der Waals surface area contributed by atoms with Crippen LogP contribution in [0.1, 0.15) is 32.3 Å². The highest BCUT2D eigenvalue weighted by Crippen LogP contribution is 2.33. The van der Waals surface area contributed by atoms with Gasteiger partial charge in [0.2, 0.25) is 5.91 Å². The van der Waals surface area contributed by atoms with E-state index in [0.29, 0.717) is 5.25 Å². The summed E-state index contributed by atoms with van der Waals surface area (Å²) in [7, 11) is 0. The lowest BCUT2D eigenvalue weighted by Crippen LogP contribution is -2.45. The fraction of sp³-hybridized carbons (Fsp3) is 0.417. The molecule has 6 heteroatoms. The number of hydrogen-bond acceptors (Lipinski definition) is 4. The van der Waals surface area contributed by atoms with Crippen molar-refractivity contribution in [3.63, 3.8) is 0 Å². The Morgan fingerprint density at radius 2 is 1.97 bits per heavy atom. The molecule has 0 saturated carbocycles. The lowest BCUT2D eigenvalue weighted by Gasteiger charge is -2.24. The molecule has 1 amide bonds. The summed E-state index contributed by atoms with van der Waals surface area (Å²) in [6.07, 6.45) is 2.94. The van der Waals surface area contributed by atoms with Gasteiger partial charge >= 0.3 is 0 Å². The van der Waals surface area contributed by atoms with Gasteiger partial charge in [0.15, 0.2) is 5.16 Å². The van der Waals surface area contributed by atoms with E-state index < -0.39 is 0 Å². The Bertz CT molecular complexity index is 939. The van der Waals surface area contributed by atoms with Crippen molar-refractivity contribution in [3.05, 3.63) is 60.2 Å². The molecule has 1 fully saturated rings. The summed E-state index contributed by atoms with van der Waals surface area (Å²) >= 11 is 1.76. The number of para-hydroxylation sites is 2. The predicted octanol–water partition coefficient (Wildman–Crippen LogP) is 4.26. The first-order valence-electron chi connectivity index (χ1n) is 10.8. The van der Waals surface area contributed by atoms with Gasteiger partial charge in [-0.15, -0.1) is 0 Å². The highest BCUT2D eigenvalue weighted by Gasteiger charge is 2.37. The standard InChI is InChI=1S/C24H30N4OS/c1-17(2)25-23(29)22-15-19(30-24-26-20-12-6-7-13-21(20)27-24)16-28(22)14-8-11-18-9-4-3-5-10-18/h3-7,9-10,12-13,17,19,22H,8,11,14-16H2,1-2H3,(H,25,29)(H,26,27)/t19-,22-/m0/s1. The third kappa shape index (κ3) is 5.24. The van der Waals surface area contributed by atoms with Crippen LogP contribution in [0.4, 0.5) is 0 Å². The minimum Gasteiger partial charge on any atom is -0.353 e. The van der Waals surface area contributed by atoms with Crippen molar-refractivity contribution < 1.29 is 4.79 Å². The third-order valence-electron chi connectivity index (χ3n) is 5.50. The number of imidazole rings is 1. The summed E-state index contributed by atoms with van der Waals surface area (Å²) in [4.78, 5) is 23.3. The molecule has 4 rings (SSSR count). The fourth-order valence-electron chi connectivity index (χ4n) is 4.12. The molecule has 5 nitrogen and oxygen atoms in total. The maximum atomic E-state index is 12.9. The predicted molar refractivity (Wildman–Crippen MR) is 124 cm³/mol. The van der Waals surface area contributed by atoms with Crippen LogP contribution in [0.15, 0.2) is 59.8 Å². The number of thioether (sulfide) groups is 1. The number of hydrogen-bond donors (Lipinski definition) is 2. The summed E-state index contributed by atoms with van der Waals surface area (Å²) in [5, 5.41) is 4.41. The number of carbonyl (C=O) groups excluding carboxylic acids is 1. The topological polar surface area (TPSA) is 61.0 Å². The lowest BCUT2D eigenvalue weighted by molar-refractivity contribution is -0.126. The maximum Gasteiger partial charge on any atom is 0.237 e. The van der Waals surface area contributed by atoms with Gasteiger partial charge in [-0.3, -0.25) is 9.69 Å². The van der Waals surface area contributed by atoms with Crippen molar-refractivity contribution in [1.29, 1.82) is 0 Å². The first-order chi connectivity index (χ1) is 14.6. The van der Waals surface area contributed by atoms with Crippen LogP contribution in [0.2, 0.25) is 0 Å². The highest BCUT2D eigenvalue weighted by molar-refractivity contribution is 7.99. The number of amides is 1. The molecule has 1 aromatic heterocycles. The number of nitrogens with one attached hydrogen (secondary N) is 2. The summed E-state index contributed by atoms with van der Waals surface area (Å²) in [6.45, 7) is 5.88. The second-order valence-corrected chi connectivity index (χ2v) is 9.59. The van der Waals surface area contributed by atoms with Crippen LogP contribution in [-0.2, 0) is 11.2 Å². The minimum atomic E-state index is -0.0648. The van der Waals surface area contributed by atoms with E-state index in [0.717, 1.165) is 48.5 Å². The summed E-state index contributed by atoms with van der Waals surface area (Å²) in [5.74, 6) is 0.150. The highest BCUT2D eigenvalue weighted by atomic mass is 32.2. The molecule has 2 heterocycles. The number of aryl methyl sites for hydroxylation is 1. The normalized spacial score (nSPS) is 19.6. The zero-order valence-corrected chi connectivity index (χ0v) is 18.5. The number of aromatic amines is 1. The molecule has 30 heavy (non-hydrogen) atoms. The molecule has 2 aromatic carbocycles. The number of nitrogens with zero attached hydrogens (tertiary/aromatic N) is 2. The largest absolute Gasteiger partial charge is 0.353 e. The van der Waals surface area contributed by atoms with Crippen molar-refractivity contribution in [2.24, 2.45) is 0 Å². The maximum absolute atomic E-state index is 12.9. The number of aromatic nitrogens is 2. The Morgan fingerprint density at radius 3 is 2.73 bits per heavy atom. The quantitative estimate of drug-likeness (QED) is 0.570. The van der Waals surface area contributed by atoms with E-state index in [9.17, 15) is 4.79 Å². The molecule has 0 unspecified atom stereocenters. The van der Waals surface area contributed by atoms with Crippen LogP contribution in [0.25, 0.3) is 11.0 Å². The zero-order chi connectivity index (χ0) is 20.9. The van der Waals surface area contributed by atoms with Crippen LogP contribution in [-0.4, -0.2) is 51.2 Å². The zero-order valence-electron chi connectivity index (χ0n) is 17.7. The fourth-order valence-corrected chi connectivity index (χ4v) is 5.30. The first kappa shape index (κ1) is 20.9. The number of benzene rings is 2. The molecular weight excluding hydrogens is 392 g/mol. The van der Waals surface area contributed by atoms with Gasteiger partial charge in [0.05, 0.1) is 17.1 Å². The minimum absolute atomic E-state index is 0.0648. The Labute approximate surface area is 182 Å². The number of H-pyrrole nitrogens is 1. The number of rotatable bonds is 8. The summed E-state index contributed by atoms with van der Waals surface area (Å²) in [5.41, 5.74) is 3.41. The second-order valence-electron chi connectivity index (χ2n) is 8.30. The summed E-state index contributed by atoms with van der Waals surface area (Å²) < 4.78 is 0. The van der Waals surface area contributed by atoms with Crippen molar-refractivity contribution in [3.8, 4) is 0 Å². The Balaban J connectivity index is 1.40. The van der Waals surface area contributed by atoms with Gasteiger partial charge in [-0.25, -0.2) is 4.98 Å². The van der Waals surface area contributed by atoms with Gasteiger partial charge in [0, 0.05) is 17.8 Å². The number of fused-ring (bicyclic) bond motifs is 1. The third-order valence-corrected chi connectivity index (χ3v) is 6.59. The van der Waals surface area contributed by atoms with E-state index in [1.54, 1.807) is 11.8 Å². The Morgan fingerprint density at radius 1 is 1.20 bits per heavy atom. The lowest BCUT2D eigenvalue weighted by atomic mass is 10.1. The molecular formula is C24H30N4OS. The number of likely N-dealkylation sites (tertiary alicyclic amines) is 1. The van der Waals surface area contributed by atoms with Gasteiger partial charge in [0.25, 0.3) is 0 Å². The molecule has 158 valence electrons. The first-order valence-corrected chi connectivity index (χ1v) is 11.7. The second kappa shape index (κ2) is 9.67. The van der Waals surface area contributed by atoms with Crippen LogP contribution in [0, 0.1) is 0 Å². The van der Waals surface area contributed by atoms with E-state index in [1.807, 2.05) is 32.0 Å². The summed E-state index contributed by atoms with van der Waals surface area (Å²) in [6, 6.07) is 18.8. The molecule has 1 saturated heterocycles. The van der Waals surface area contributed by atoms with E-state index >= 15 is 0 Å². The van der Waals surface area contributed by atoms with E-state index in [4.69, 9.17) is 4.98 Å². The Hall–Kier alpha value is -2.31. The average Bonchev–Trinajstić information content (AvgIpc) is 3.32. The average molecular weight is 423 g/mol. The number of carbonyl (C=O) groups is 1. The van der Waals surface area contributed by atoms with Crippen LogP contribution in [0.3, 0.4) is 0 Å². The van der Waals surface area contributed by atoms with Gasteiger partial charge in [-0.2, -0.15) is 0 Å². The Kier molecular flexibility index (Phi) is 6.75. The molecule has 3 aromatic rings. The molecule has 2 N–H and O–H groups in total. The van der Waals surface area contributed by atoms with E-state index in [1.165, 1.54) is 5.56 Å². The van der Waals surface area contributed by atoms with Crippen LogP contribution < -0.4 is 5.32 Å². The van der Waals surface area contributed by atoms with Gasteiger partial charge in [-0.1, -0.05) is 54.2 Å². The van der Waals surface area contributed by atoms with Crippen LogP contribution in [0.5, 0.6) is 0 Å². The van der Waals surface area contributed by atoms with Crippen LogP contribution >= 0.6 is 11.8 Å². The molecule has 1 aliphatic heterocycles. The monoisotopic (exact) mass is 422 g/mol. The SMILES string of the molecule is CC(C)NC(=O)[C@@H]1C[C@H](Sc2nc3ccccc3[nH]2)CN1CCCc1ccccc1. The molecule has 2 atom stereocenters. The molecule has 0 aliphatic carbocycles. The van der Waals surface area contributed by atoms with Gasteiger partial charge in [-0.05, 0) is 57.4 Å². The van der Waals surface area contributed by atoms with Gasteiger partial charge < -0.3 is 10.3 Å². The molecule has 0 radical (unpaired) electrons. The van der Waals surface area contributed by atoms with E-state index in [-0.39, 0.29) is 18.0 Å². The molecule has 0 spiro atoms.